The molecule has 0 aliphatic heterocycles. The minimum atomic E-state index is -0.207. The second kappa shape index (κ2) is 8.63. The molecule has 0 bridgehead atoms. The number of aromatic nitrogens is 3. The van der Waals surface area contributed by atoms with E-state index in [0.29, 0.717) is 29.7 Å². The highest BCUT2D eigenvalue weighted by atomic mass is 16.5. The van der Waals surface area contributed by atoms with Gasteiger partial charge in [-0.25, -0.2) is 4.52 Å². The van der Waals surface area contributed by atoms with E-state index in [2.05, 4.69) is 10.4 Å². The van der Waals surface area contributed by atoms with Gasteiger partial charge in [0.25, 0.3) is 11.5 Å². The highest BCUT2D eigenvalue weighted by Gasteiger charge is 2.15. The molecule has 0 aliphatic rings. The van der Waals surface area contributed by atoms with Gasteiger partial charge in [-0.15, -0.1) is 0 Å². The molecule has 5 rings (SSSR count). The summed E-state index contributed by atoms with van der Waals surface area (Å²) in [7, 11) is 1.61. The maximum Gasteiger partial charge on any atom is 0.277 e. The molecule has 7 heteroatoms. The summed E-state index contributed by atoms with van der Waals surface area (Å²) in [5.74, 6) is 0.512. The third kappa shape index (κ3) is 3.96. The third-order valence-electron chi connectivity index (χ3n) is 5.63. The molecule has 0 radical (unpaired) electrons. The molecule has 3 aromatic carbocycles. The molecular formula is C26H22N4O3. The Morgan fingerprint density at radius 3 is 2.55 bits per heavy atom. The van der Waals surface area contributed by atoms with Gasteiger partial charge in [0.05, 0.1) is 30.9 Å². The van der Waals surface area contributed by atoms with E-state index in [9.17, 15) is 9.59 Å². The van der Waals surface area contributed by atoms with Gasteiger partial charge in [-0.3, -0.25) is 9.59 Å². The number of hydrogen-bond acceptors (Lipinski definition) is 4. The normalized spacial score (nSPS) is 11.1. The van der Waals surface area contributed by atoms with E-state index in [0.717, 1.165) is 22.4 Å². The first-order valence-electron chi connectivity index (χ1n) is 10.6. The topological polar surface area (TPSA) is 77.6 Å². The first kappa shape index (κ1) is 20.5. The maximum absolute atomic E-state index is 13.3. The van der Waals surface area contributed by atoms with E-state index in [1.165, 1.54) is 0 Å². The Morgan fingerprint density at radius 1 is 0.909 bits per heavy atom. The molecule has 0 saturated heterocycles. The van der Waals surface area contributed by atoms with Gasteiger partial charge >= 0.3 is 0 Å². The number of carbonyl (C=O) groups is 1. The van der Waals surface area contributed by atoms with Crippen LogP contribution >= 0.6 is 0 Å². The zero-order valence-corrected chi connectivity index (χ0v) is 18.1. The molecule has 2 aromatic heterocycles. The predicted octanol–water partition coefficient (Wildman–Crippen LogP) is 3.64. The molecule has 1 N–H and O–H groups in total. The van der Waals surface area contributed by atoms with Crippen molar-refractivity contribution in [2.24, 2.45) is 0 Å². The number of rotatable bonds is 6. The van der Waals surface area contributed by atoms with Gasteiger partial charge < -0.3 is 14.6 Å². The summed E-state index contributed by atoms with van der Waals surface area (Å²) in [5.41, 5.74) is 4.09. The SMILES string of the molecule is COc1cccc(Cn2c(=O)c3ccnn3c3ccc(C(=O)NCc4ccccc4)cc32)c1. The molecule has 0 spiro atoms. The molecule has 0 aliphatic carbocycles. The number of nitrogens with zero attached hydrogens (tertiary/aromatic N) is 3. The van der Waals surface area contributed by atoms with Crippen molar-refractivity contribution in [2.45, 2.75) is 13.1 Å². The molecule has 164 valence electrons. The van der Waals surface area contributed by atoms with Gasteiger partial charge in [0.2, 0.25) is 0 Å². The minimum absolute atomic E-state index is 0.176. The van der Waals surface area contributed by atoms with Crippen LogP contribution in [0.5, 0.6) is 5.75 Å². The second-order valence-corrected chi connectivity index (χ2v) is 7.74. The van der Waals surface area contributed by atoms with Gasteiger partial charge in [0.1, 0.15) is 11.3 Å². The standard InChI is InChI=1S/C26H22N4O3/c1-33-21-9-5-8-19(14-21)17-29-24-15-20(25(31)27-16-18-6-3-2-4-7-18)10-11-22(24)30-23(26(29)32)12-13-28-30/h2-15H,16-17H2,1H3,(H,27,31). The highest BCUT2D eigenvalue weighted by molar-refractivity contribution is 5.97. The van der Waals surface area contributed by atoms with Gasteiger partial charge in [0.15, 0.2) is 0 Å². The van der Waals surface area contributed by atoms with Gasteiger partial charge in [0, 0.05) is 12.1 Å². The summed E-state index contributed by atoms with van der Waals surface area (Å²) >= 11 is 0. The molecule has 0 fully saturated rings. The average molecular weight is 438 g/mol. The van der Waals surface area contributed by atoms with Crippen LogP contribution in [0.1, 0.15) is 21.5 Å². The van der Waals surface area contributed by atoms with E-state index in [-0.39, 0.29) is 11.5 Å². The Balaban J connectivity index is 1.57. The van der Waals surface area contributed by atoms with Crippen molar-refractivity contribution < 1.29 is 9.53 Å². The van der Waals surface area contributed by atoms with Gasteiger partial charge in [-0.1, -0.05) is 42.5 Å². The molecule has 5 aromatic rings. The predicted molar refractivity (Wildman–Crippen MR) is 127 cm³/mol. The average Bonchev–Trinajstić information content (AvgIpc) is 3.36. The van der Waals surface area contributed by atoms with Crippen LogP contribution in [0.2, 0.25) is 0 Å². The number of benzene rings is 3. The van der Waals surface area contributed by atoms with E-state index in [1.807, 2.05) is 60.7 Å². The van der Waals surface area contributed by atoms with Crippen LogP contribution in [0.3, 0.4) is 0 Å². The zero-order chi connectivity index (χ0) is 22.8. The summed E-state index contributed by atoms with van der Waals surface area (Å²) in [6.07, 6.45) is 1.60. The molecule has 2 heterocycles. The van der Waals surface area contributed by atoms with Crippen molar-refractivity contribution in [3.8, 4) is 5.75 Å². The smallest absolute Gasteiger partial charge is 0.277 e. The lowest BCUT2D eigenvalue weighted by molar-refractivity contribution is 0.0951. The zero-order valence-electron chi connectivity index (χ0n) is 18.1. The van der Waals surface area contributed by atoms with Gasteiger partial charge in [-0.05, 0) is 47.5 Å². The fraction of sp³-hybridized carbons (Fsp3) is 0.115. The maximum atomic E-state index is 13.3. The molecule has 0 unspecified atom stereocenters. The first-order chi connectivity index (χ1) is 16.1. The van der Waals surface area contributed by atoms with Crippen molar-refractivity contribution in [2.75, 3.05) is 7.11 Å². The van der Waals surface area contributed by atoms with E-state index >= 15 is 0 Å². The number of methoxy groups -OCH3 is 1. The lowest BCUT2D eigenvalue weighted by Crippen LogP contribution is -2.25. The molecule has 1 amide bonds. The fourth-order valence-corrected chi connectivity index (χ4v) is 3.96. The number of amides is 1. The largest absolute Gasteiger partial charge is 0.497 e. The number of hydrogen-bond donors (Lipinski definition) is 1. The number of fused-ring (bicyclic) bond motifs is 3. The van der Waals surface area contributed by atoms with Crippen molar-refractivity contribution in [3.63, 3.8) is 0 Å². The molecule has 7 nitrogen and oxygen atoms in total. The van der Waals surface area contributed by atoms with E-state index in [1.54, 1.807) is 40.6 Å². The van der Waals surface area contributed by atoms with E-state index in [4.69, 9.17) is 4.74 Å². The Hall–Kier alpha value is -4.39. The van der Waals surface area contributed by atoms with Crippen LogP contribution in [0.15, 0.2) is 89.9 Å². The quantitative estimate of drug-likeness (QED) is 0.439. The van der Waals surface area contributed by atoms with Crippen molar-refractivity contribution in [3.05, 3.63) is 112 Å². The fourth-order valence-electron chi connectivity index (χ4n) is 3.96. The Morgan fingerprint density at radius 2 is 1.73 bits per heavy atom. The summed E-state index contributed by atoms with van der Waals surface area (Å²) in [6.45, 7) is 0.760. The van der Waals surface area contributed by atoms with E-state index < -0.39 is 0 Å². The number of ether oxygens (including phenoxy) is 1. The summed E-state index contributed by atoms with van der Waals surface area (Å²) in [5, 5.41) is 7.26. The lowest BCUT2D eigenvalue weighted by atomic mass is 10.1. The van der Waals surface area contributed by atoms with Crippen molar-refractivity contribution in [1.29, 1.82) is 0 Å². The van der Waals surface area contributed by atoms with Crippen LogP contribution in [-0.4, -0.2) is 27.2 Å². The Kier molecular flexibility index (Phi) is 5.36. The summed E-state index contributed by atoms with van der Waals surface area (Å²) in [6, 6.07) is 24.3. The van der Waals surface area contributed by atoms with Crippen LogP contribution < -0.4 is 15.6 Å². The molecule has 0 saturated carbocycles. The second-order valence-electron chi connectivity index (χ2n) is 7.74. The monoisotopic (exact) mass is 438 g/mol. The summed E-state index contributed by atoms with van der Waals surface area (Å²) in [4.78, 5) is 26.2. The molecule has 0 atom stereocenters. The number of carbonyl (C=O) groups excluding carboxylic acids is 1. The van der Waals surface area contributed by atoms with Gasteiger partial charge in [-0.2, -0.15) is 5.10 Å². The van der Waals surface area contributed by atoms with Crippen LogP contribution in [-0.2, 0) is 13.1 Å². The highest BCUT2D eigenvalue weighted by Crippen LogP contribution is 2.19. The third-order valence-corrected chi connectivity index (χ3v) is 5.63. The van der Waals surface area contributed by atoms with Crippen molar-refractivity contribution >= 4 is 22.5 Å². The first-order valence-corrected chi connectivity index (χ1v) is 10.6. The van der Waals surface area contributed by atoms with Crippen LogP contribution in [0, 0.1) is 0 Å². The number of nitrogens with one attached hydrogen (secondary N) is 1. The lowest BCUT2D eigenvalue weighted by Gasteiger charge is -2.14. The Bertz CT molecular complexity index is 1520. The minimum Gasteiger partial charge on any atom is -0.497 e. The molecule has 33 heavy (non-hydrogen) atoms. The Labute approximate surface area is 189 Å². The molecular weight excluding hydrogens is 416 g/mol. The van der Waals surface area contributed by atoms with Crippen LogP contribution in [0.25, 0.3) is 16.6 Å². The van der Waals surface area contributed by atoms with Crippen molar-refractivity contribution in [1.82, 2.24) is 19.5 Å². The van der Waals surface area contributed by atoms with Crippen LogP contribution in [0.4, 0.5) is 0 Å². The summed E-state index contributed by atoms with van der Waals surface area (Å²) < 4.78 is 8.62.